The smallest absolute Gasteiger partial charge is 0.435 e. The highest BCUT2D eigenvalue weighted by molar-refractivity contribution is 5.87. The third kappa shape index (κ3) is 3.25. The molecule has 0 aliphatic carbocycles. The summed E-state index contributed by atoms with van der Waals surface area (Å²) in [6.45, 7) is 2.64. The van der Waals surface area contributed by atoms with E-state index in [-0.39, 0.29) is 10.7 Å². The Bertz CT molecular complexity index is 524. The van der Waals surface area contributed by atoms with Crippen molar-refractivity contribution >= 4 is 11.9 Å². The molecule has 0 aliphatic heterocycles. The fourth-order valence-corrected chi connectivity index (χ4v) is 1.38. The number of aromatic carboxylic acids is 1. The number of likely N-dealkylation sites (N-methyl/N-ethyl adjacent to an activating group) is 1. The van der Waals surface area contributed by atoms with Gasteiger partial charge in [0.1, 0.15) is 6.54 Å². The van der Waals surface area contributed by atoms with Gasteiger partial charge in [-0.05, 0) is 13.8 Å². The summed E-state index contributed by atoms with van der Waals surface area (Å²) in [5, 5.41) is 14.7. The Kier molecular flexibility index (Phi) is 4.36. The summed E-state index contributed by atoms with van der Waals surface area (Å²) < 4.78 is 38.7. The van der Waals surface area contributed by atoms with E-state index in [9.17, 15) is 22.8 Å². The Morgan fingerprint density at radius 2 is 1.95 bits per heavy atom. The lowest BCUT2D eigenvalue weighted by molar-refractivity contribution is -0.146. The average molecular weight is 294 g/mol. The zero-order valence-electron chi connectivity index (χ0n) is 11.0. The Hall–Kier alpha value is -2.13. The van der Waals surface area contributed by atoms with Crippen LogP contribution >= 0.6 is 0 Å². The number of rotatable bonds is 4. The molecule has 10 heteroatoms. The summed E-state index contributed by atoms with van der Waals surface area (Å²) in [6, 6.07) is -0.209. The molecule has 112 valence electrons. The molecule has 20 heavy (non-hydrogen) atoms. The van der Waals surface area contributed by atoms with E-state index < -0.39 is 36.0 Å². The van der Waals surface area contributed by atoms with Gasteiger partial charge < -0.3 is 10.0 Å². The van der Waals surface area contributed by atoms with Crippen LogP contribution in [0.2, 0.25) is 0 Å². The Morgan fingerprint density at radius 3 is 2.35 bits per heavy atom. The highest BCUT2D eigenvalue weighted by Gasteiger charge is 2.42. The normalized spacial score (nSPS) is 11.8. The summed E-state index contributed by atoms with van der Waals surface area (Å²) in [6.07, 6.45) is -4.96. The van der Waals surface area contributed by atoms with Crippen molar-refractivity contribution in [1.82, 2.24) is 19.9 Å². The first-order valence-corrected chi connectivity index (χ1v) is 5.55. The number of carboxylic acid groups (broad SMARTS) is 1. The Labute approximate surface area is 112 Å². The van der Waals surface area contributed by atoms with Crippen molar-refractivity contribution in [3.63, 3.8) is 0 Å². The maximum Gasteiger partial charge on any atom is 0.435 e. The molecule has 0 atom stereocenters. The van der Waals surface area contributed by atoms with Gasteiger partial charge in [0.05, 0.1) is 0 Å². The second-order valence-corrected chi connectivity index (χ2v) is 4.35. The van der Waals surface area contributed by atoms with Gasteiger partial charge in [0, 0.05) is 13.1 Å². The van der Waals surface area contributed by atoms with E-state index in [4.69, 9.17) is 5.11 Å². The minimum absolute atomic E-state index is 0.209. The molecule has 1 heterocycles. The summed E-state index contributed by atoms with van der Waals surface area (Å²) >= 11 is 0. The Balaban J connectivity index is 3.14. The molecule has 1 rings (SSSR count). The van der Waals surface area contributed by atoms with Crippen molar-refractivity contribution in [3.8, 4) is 0 Å². The summed E-state index contributed by atoms with van der Waals surface area (Å²) in [4.78, 5) is 23.7. The number of hydrogen-bond acceptors (Lipinski definition) is 4. The minimum atomic E-state index is -4.96. The molecule has 0 saturated heterocycles. The van der Waals surface area contributed by atoms with Crippen LogP contribution in [0.4, 0.5) is 13.2 Å². The van der Waals surface area contributed by atoms with E-state index in [2.05, 4.69) is 10.3 Å². The van der Waals surface area contributed by atoms with Crippen LogP contribution in [0.5, 0.6) is 0 Å². The number of aromatic nitrogens is 3. The molecule has 7 nitrogen and oxygen atoms in total. The predicted molar refractivity (Wildman–Crippen MR) is 59.9 cm³/mol. The third-order valence-electron chi connectivity index (χ3n) is 2.66. The van der Waals surface area contributed by atoms with Crippen LogP contribution in [-0.4, -0.2) is 50.0 Å². The number of nitrogens with zero attached hydrogens (tertiary/aromatic N) is 4. The van der Waals surface area contributed by atoms with Crippen molar-refractivity contribution in [1.29, 1.82) is 0 Å². The molecular formula is C10H13F3N4O3. The number of carbonyl (C=O) groups excluding carboxylic acids is 1. The van der Waals surface area contributed by atoms with Crippen molar-refractivity contribution < 1.29 is 27.9 Å². The van der Waals surface area contributed by atoms with Crippen LogP contribution in [0.1, 0.15) is 30.0 Å². The largest absolute Gasteiger partial charge is 0.476 e. The number of carboxylic acids is 1. The quantitative estimate of drug-likeness (QED) is 0.889. The molecule has 0 spiro atoms. The molecule has 0 radical (unpaired) electrons. The fourth-order valence-electron chi connectivity index (χ4n) is 1.38. The van der Waals surface area contributed by atoms with E-state index in [1.54, 1.807) is 13.8 Å². The first-order chi connectivity index (χ1) is 9.05. The molecule has 0 bridgehead atoms. The molecule has 0 fully saturated rings. The zero-order valence-corrected chi connectivity index (χ0v) is 11.0. The second kappa shape index (κ2) is 5.47. The van der Waals surface area contributed by atoms with Gasteiger partial charge >= 0.3 is 12.1 Å². The summed E-state index contributed by atoms with van der Waals surface area (Å²) in [5.41, 5.74) is -2.77. The van der Waals surface area contributed by atoms with E-state index in [1.807, 2.05) is 0 Å². The molecule has 1 amide bonds. The molecule has 1 aromatic rings. The topological polar surface area (TPSA) is 88.3 Å². The minimum Gasteiger partial charge on any atom is -0.476 e. The molecule has 0 unspecified atom stereocenters. The van der Waals surface area contributed by atoms with Crippen molar-refractivity contribution in [3.05, 3.63) is 11.4 Å². The number of amides is 1. The van der Waals surface area contributed by atoms with Crippen LogP contribution in [0, 0.1) is 0 Å². The SMILES string of the molecule is CC(C)N(C)C(=O)Cn1nnc(C(=O)O)c1C(F)(F)F. The maximum atomic E-state index is 12.8. The molecule has 0 aromatic carbocycles. The second-order valence-electron chi connectivity index (χ2n) is 4.35. The van der Waals surface area contributed by atoms with Crippen LogP contribution < -0.4 is 0 Å². The van der Waals surface area contributed by atoms with Crippen LogP contribution in [-0.2, 0) is 17.5 Å². The van der Waals surface area contributed by atoms with Crippen molar-refractivity contribution in [2.75, 3.05) is 7.05 Å². The Morgan fingerprint density at radius 1 is 1.40 bits per heavy atom. The number of hydrogen-bond donors (Lipinski definition) is 1. The molecule has 1 aromatic heterocycles. The molecular weight excluding hydrogens is 281 g/mol. The highest BCUT2D eigenvalue weighted by atomic mass is 19.4. The van der Waals surface area contributed by atoms with Crippen LogP contribution in [0.25, 0.3) is 0 Å². The third-order valence-corrected chi connectivity index (χ3v) is 2.66. The van der Waals surface area contributed by atoms with Crippen molar-refractivity contribution in [2.24, 2.45) is 0 Å². The van der Waals surface area contributed by atoms with E-state index in [0.29, 0.717) is 0 Å². The van der Waals surface area contributed by atoms with Gasteiger partial charge in [0.2, 0.25) is 11.6 Å². The van der Waals surface area contributed by atoms with Gasteiger partial charge in [-0.15, -0.1) is 5.10 Å². The number of alkyl halides is 3. The van der Waals surface area contributed by atoms with Gasteiger partial charge in [-0.1, -0.05) is 5.21 Å². The maximum absolute atomic E-state index is 12.8. The predicted octanol–water partition coefficient (Wildman–Crippen LogP) is 0.862. The van der Waals surface area contributed by atoms with E-state index in [0.717, 1.165) is 0 Å². The van der Waals surface area contributed by atoms with Crippen LogP contribution in [0.3, 0.4) is 0 Å². The van der Waals surface area contributed by atoms with Gasteiger partial charge in [0.15, 0.2) is 5.69 Å². The number of halogens is 3. The van der Waals surface area contributed by atoms with Crippen molar-refractivity contribution in [2.45, 2.75) is 32.6 Å². The van der Waals surface area contributed by atoms with E-state index >= 15 is 0 Å². The lowest BCUT2D eigenvalue weighted by Crippen LogP contribution is -2.36. The highest BCUT2D eigenvalue weighted by Crippen LogP contribution is 2.31. The molecule has 1 N–H and O–H groups in total. The van der Waals surface area contributed by atoms with Gasteiger partial charge in [-0.25, -0.2) is 9.48 Å². The van der Waals surface area contributed by atoms with Gasteiger partial charge in [-0.3, -0.25) is 4.79 Å². The monoisotopic (exact) mass is 294 g/mol. The lowest BCUT2D eigenvalue weighted by atomic mass is 10.3. The average Bonchev–Trinajstić information content (AvgIpc) is 2.71. The first-order valence-electron chi connectivity index (χ1n) is 5.55. The van der Waals surface area contributed by atoms with E-state index in [1.165, 1.54) is 11.9 Å². The summed E-state index contributed by atoms with van der Waals surface area (Å²) in [5.74, 6) is -2.49. The van der Waals surface area contributed by atoms with Crippen LogP contribution in [0.15, 0.2) is 0 Å². The molecule has 0 saturated carbocycles. The lowest BCUT2D eigenvalue weighted by Gasteiger charge is -2.21. The van der Waals surface area contributed by atoms with Gasteiger partial charge in [0.25, 0.3) is 0 Å². The number of carbonyl (C=O) groups is 2. The molecule has 0 aliphatic rings. The van der Waals surface area contributed by atoms with Gasteiger partial charge in [-0.2, -0.15) is 13.2 Å². The zero-order chi connectivity index (χ0) is 15.7. The fraction of sp³-hybridized carbons (Fsp3) is 0.600. The summed E-state index contributed by atoms with van der Waals surface area (Å²) in [7, 11) is 1.43. The first kappa shape index (κ1) is 15.9. The standard InChI is InChI=1S/C10H13F3N4O3/c1-5(2)16(3)6(18)4-17-8(10(11,12)13)7(9(19)20)14-15-17/h5H,4H2,1-3H3,(H,19,20).